The smallest absolute Gasteiger partial charge is 0.293 e. The number of aromatic nitrogens is 2. The average molecular weight is 392 g/mol. The second-order valence-electron chi connectivity index (χ2n) is 5.37. The fourth-order valence-corrected chi connectivity index (χ4v) is 3.93. The van der Waals surface area contributed by atoms with Crippen LogP contribution in [0.4, 0.5) is 0 Å². The van der Waals surface area contributed by atoms with Gasteiger partial charge in [0.2, 0.25) is 10.0 Å². The number of carbonyl (C=O) groups is 1. The van der Waals surface area contributed by atoms with Crippen LogP contribution in [0.25, 0.3) is 10.8 Å². The largest absolute Gasteiger partial charge is 0.466 e. The molecule has 0 amide bonds. The molecule has 1 unspecified atom stereocenters. The zero-order valence-electron chi connectivity index (χ0n) is 13.4. The fourth-order valence-electron chi connectivity index (χ4n) is 2.47. The molecule has 7 nitrogen and oxygen atoms in total. The Labute approximate surface area is 155 Å². The Hall–Kier alpha value is -2.55. The van der Waals surface area contributed by atoms with E-state index in [4.69, 9.17) is 16.3 Å². The highest BCUT2D eigenvalue weighted by molar-refractivity contribution is 7.89. The number of carbonyl (C=O) groups excluding carboxylic acids is 1. The molecule has 134 valence electrons. The minimum atomic E-state index is -3.91. The van der Waals surface area contributed by atoms with Gasteiger partial charge in [-0.3, -0.25) is 4.79 Å². The Bertz CT molecular complexity index is 1040. The summed E-state index contributed by atoms with van der Waals surface area (Å²) in [5, 5.41) is 1.87. The van der Waals surface area contributed by atoms with Crippen molar-refractivity contribution in [3.05, 3.63) is 65.7 Å². The van der Waals surface area contributed by atoms with Gasteiger partial charge in [0, 0.05) is 6.20 Å². The molecule has 0 radical (unpaired) electrons. The van der Waals surface area contributed by atoms with E-state index in [1.807, 2.05) is 24.3 Å². The highest BCUT2D eigenvalue weighted by Gasteiger charge is 2.25. The van der Waals surface area contributed by atoms with Crippen molar-refractivity contribution in [3.8, 4) is 0 Å². The van der Waals surface area contributed by atoms with E-state index in [2.05, 4.69) is 14.7 Å². The SMILES string of the molecule is O=COCC(NS(=O)(=O)c1ccc2ccccc2c1)c1ncncc1Cl. The van der Waals surface area contributed by atoms with E-state index in [-0.39, 0.29) is 28.7 Å². The van der Waals surface area contributed by atoms with Crippen molar-refractivity contribution in [2.75, 3.05) is 6.61 Å². The number of fused-ring (bicyclic) bond motifs is 1. The topological polar surface area (TPSA) is 98.2 Å². The standard InChI is InChI=1S/C17H14ClN3O4S/c18-15-8-19-10-20-17(15)16(9-25-11-22)21-26(23,24)14-6-5-12-3-1-2-4-13(12)7-14/h1-8,10-11,16,21H,9H2. The van der Waals surface area contributed by atoms with Crippen LogP contribution in [-0.2, 0) is 19.6 Å². The Kier molecular flexibility index (Phi) is 5.46. The summed E-state index contributed by atoms with van der Waals surface area (Å²) in [6.45, 7) is -0.0283. The van der Waals surface area contributed by atoms with Gasteiger partial charge in [0.15, 0.2) is 0 Å². The maximum atomic E-state index is 12.8. The minimum absolute atomic E-state index is 0.0810. The monoisotopic (exact) mass is 391 g/mol. The number of rotatable bonds is 7. The van der Waals surface area contributed by atoms with Gasteiger partial charge < -0.3 is 4.74 Å². The minimum Gasteiger partial charge on any atom is -0.466 e. The third-order valence-corrected chi connectivity index (χ3v) is 5.45. The number of halogens is 1. The quantitative estimate of drug-likeness (QED) is 0.621. The van der Waals surface area contributed by atoms with Crippen LogP contribution in [0.5, 0.6) is 0 Å². The molecule has 0 fully saturated rings. The van der Waals surface area contributed by atoms with E-state index in [1.165, 1.54) is 18.6 Å². The number of nitrogens with zero attached hydrogens (tertiary/aromatic N) is 2. The van der Waals surface area contributed by atoms with Gasteiger partial charge in [-0.1, -0.05) is 41.9 Å². The van der Waals surface area contributed by atoms with Crippen molar-refractivity contribution in [1.29, 1.82) is 0 Å². The van der Waals surface area contributed by atoms with Gasteiger partial charge in [-0.15, -0.1) is 0 Å². The van der Waals surface area contributed by atoms with Crippen molar-refractivity contribution in [2.24, 2.45) is 0 Å². The number of sulfonamides is 1. The van der Waals surface area contributed by atoms with Crippen molar-refractivity contribution in [1.82, 2.24) is 14.7 Å². The number of hydrogen-bond donors (Lipinski definition) is 1. The van der Waals surface area contributed by atoms with Crippen LogP contribution in [0.15, 0.2) is 59.9 Å². The molecular weight excluding hydrogens is 378 g/mol. The molecule has 1 N–H and O–H groups in total. The summed E-state index contributed by atoms with van der Waals surface area (Å²) in [5.41, 5.74) is 0.216. The molecule has 0 aliphatic rings. The first-order valence-corrected chi connectivity index (χ1v) is 9.39. The van der Waals surface area contributed by atoms with Gasteiger partial charge in [-0.25, -0.2) is 18.4 Å². The number of ether oxygens (including phenoxy) is 1. The first-order valence-electron chi connectivity index (χ1n) is 7.53. The molecule has 0 aliphatic heterocycles. The Morgan fingerprint density at radius 1 is 1.19 bits per heavy atom. The second kappa shape index (κ2) is 7.77. The van der Waals surface area contributed by atoms with Crippen molar-refractivity contribution in [3.63, 3.8) is 0 Å². The van der Waals surface area contributed by atoms with E-state index in [0.29, 0.717) is 0 Å². The van der Waals surface area contributed by atoms with Gasteiger partial charge in [0.05, 0.1) is 21.7 Å². The molecule has 1 atom stereocenters. The van der Waals surface area contributed by atoms with Crippen LogP contribution < -0.4 is 4.72 Å². The van der Waals surface area contributed by atoms with Crippen LogP contribution >= 0.6 is 11.6 Å². The van der Waals surface area contributed by atoms with Crippen LogP contribution in [0.3, 0.4) is 0 Å². The van der Waals surface area contributed by atoms with Crippen LogP contribution in [-0.4, -0.2) is 31.5 Å². The molecule has 0 spiro atoms. The zero-order chi connectivity index (χ0) is 18.6. The third kappa shape index (κ3) is 3.98. The van der Waals surface area contributed by atoms with Crippen molar-refractivity contribution in [2.45, 2.75) is 10.9 Å². The maximum Gasteiger partial charge on any atom is 0.293 e. The fraction of sp³-hybridized carbons (Fsp3) is 0.118. The molecule has 1 aromatic heterocycles. The molecule has 2 aromatic carbocycles. The lowest BCUT2D eigenvalue weighted by Gasteiger charge is -2.18. The van der Waals surface area contributed by atoms with Gasteiger partial charge in [0.1, 0.15) is 12.9 Å². The normalized spacial score (nSPS) is 12.7. The summed E-state index contributed by atoms with van der Waals surface area (Å²) in [5.74, 6) is 0. The van der Waals surface area contributed by atoms with E-state index >= 15 is 0 Å². The number of nitrogens with one attached hydrogen (secondary N) is 1. The van der Waals surface area contributed by atoms with E-state index in [1.54, 1.807) is 12.1 Å². The van der Waals surface area contributed by atoms with Crippen molar-refractivity contribution >= 4 is 38.9 Å². The Morgan fingerprint density at radius 2 is 1.96 bits per heavy atom. The molecule has 0 saturated heterocycles. The van der Waals surface area contributed by atoms with Gasteiger partial charge in [-0.2, -0.15) is 4.72 Å². The van der Waals surface area contributed by atoms with E-state index in [9.17, 15) is 13.2 Å². The second-order valence-corrected chi connectivity index (χ2v) is 7.49. The lowest BCUT2D eigenvalue weighted by Crippen LogP contribution is -2.32. The molecular formula is C17H14ClN3O4S. The predicted octanol–water partition coefficient (Wildman–Crippen LogP) is 2.48. The van der Waals surface area contributed by atoms with E-state index < -0.39 is 16.1 Å². The van der Waals surface area contributed by atoms with Crippen LogP contribution in [0.1, 0.15) is 11.7 Å². The molecule has 0 bridgehead atoms. The lowest BCUT2D eigenvalue weighted by molar-refractivity contribution is -0.129. The number of hydrogen-bond acceptors (Lipinski definition) is 6. The molecule has 3 rings (SSSR count). The summed E-state index contributed by atoms with van der Waals surface area (Å²) in [6.07, 6.45) is 2.57. The molecule has 3 aromatic rings. The lowest BCUT2D eigenvalue weighted by atomic mass is 10.1. The Morgan fingerprint density at radius 3 is 2.69 bits per heavy atom. The average Bonchev–Trinajstić information content (AvgIpc) is 2.65. The molecule has 9 heteroatoms. The summed E-state index contributed by atoms with van der Waals surface area (Å²) < 4.78 is 32.8. The van der Waals surface area contributed by atoms with Gasteiger partial charge in [0.25, 0.3) is 6.47 Å². The first-order chi connectivity index (χ1) is 12.5. The van der Waals surface area contributed by atoms with Crippen LogP contribution in [0.2, 0.25) is 5.02 Å². The van der Waals surface area contributed by atoms with Gasteiger partial charge >= 0.3 is 0 Å². The molecule has 1 heterocycles. The highest BCUT2D eigenvalue weighted by atomic mass is 35.5. The third-order valence-electron chi connectivity index (χ3n) is 3.69. The summed E-state index contributed by atoms with van der Waals surface area (Å²) in [7, 11) is -3.91. The number of benzene rings is 2. The zero-order valence-corrected chi connectivity index (χ0v) is 14.9. The summed E-state index contributed by atoms with van der Waals surface area (Å²) in [6, 6.07) is 11.3. The maximum absolute atomic E-state index is 12.8. The predicted molar refractivity (Wildman–Crippen MR) is 96.1 cm³/mol. The Balaban J connectivity index is 1.95. The van der Waals surface area contributed by atoms with Crippen molar-refractivity contribution < 1.29 is 17.9 Å². The first kappa shape index (κ1) is 18.2. The summed E-state index contributed by atoms with van der Waals surface area (Å²) >= 11 is 6.05. The summed E-state index contributed by atoms with van der Waals surface area (Å²) in [4.78, 5) is 18.4. The molecule has 0 saturated carbocycles. The van der Waals surface area contributed by atoms with E-state index in [0.717, 1.165) is 10.8 Å². The molecule has 0 aliphatic carbocycles. The highest BCUT2D eigenvalue weighted by Crippen LogP contribution is 2.24. The van der Waals surface area contributed by atoms with Crippen LogP contribution in [0, 0.1) is 0 Å². The van der Waals surface area contributed by atoms with Gasteiger partial charge in [-0.05, 0) is 22.9 Å². The molecule has 26 heavy (non-hydrogen) atoms.